The summed E-state index contributed by atoms with van der Waals surface area (Å²) in [6.45, 7) is 6.25. The maximum atomic E-state index is 13.8. The van der Waals surface area contributed by atoms with Gasteiger partial charge in [0.05, 0.1) is 47.2 Å². The molecule has 1 saturated heterocycles. The van der Waals surface area contributed by atoms with Gasteiger partial charge in [-0.25, -0.2) is 0 Å². The minimum Gasteiger partial charge on any atom is -0.511 e. The first kappa shape index (κ1) is 31.1. The summed E-state index contributed by atoms with van der Waals surface area (Å²) in [6, 6.07) is 3.63. The van der Waals surface area contributed by atoms with Gasteiger partial charge >= 0.3 is 0 Å². The van der Waals surface area contributed by atoms with Crippen LogP contribution in [0.25, 0.3) is 0 Å². The molecule has 1 heterocycles. The number of hydrogen-bond donors (Lipinski definition) is 5. The van der Waals surface area contributed by atoms with Gasteiger partial charge in [0.2, 0.25) is 0 Å². The van der Waals surface area contributed by atoms with Crippen LogP contribution >= 0.6 is 15.9 Å². The molecular weight excluding hydrogens is 630 g/mol. The number of aliphatic hydroxyl groups excluding tert-OH is 3. The molecule has 0 spiro atoms. The Bertz CT molecular complexity index is 1500. The minimum atomic E-state index is -2.05. The van der Waals surface area contributed by atoms with E-state index in [-0.39, 0.29) is 45.3 Å². The smallest absolute Gasteiger partial charge is 0.258 e. The summed E-state index contributed by atoms with van der Waals surface area (Å²) in [5, 5.41) is 47.8. The lowest BCUT2D eigenvalue weighted by Crippen LogP contribution is -2.56. The van der Waals surface area contributed by atoms with E-state index in [0.717, 1.165) is 0 Å². The van der Waals surface area contributed by atoms with Gasteiger partial charge in [-0.05, 0) is 35.8 Å². The second kappa shape index (κ2) is 11.3. The molecule has 8 atom stereocenters. The van der Waals surface area contributed by atoms with Crippen LogP contribution in [-0.4, -0.2) is 87.0 Å². The van der Waals surface area contributed by atoms with Crippen molar-refractivity contribution in [2.75, 3.05) is 7.11 Å². The zero-order chi connectivity index (χ0) is 31.5. The van der Waals surface area contributed by atoms with Crippen LogP contribution in [0, 0.1) is 11.8 Å². The van der Waals surface area contributed by atoms with Crippen LogP contribution in [0.5, 0.6) is 5.75 Å². The lowest BCUT2D eigenvalue weighted by Gasteiger charge is -2.46. The van der Waals surface area contributed by atoms with E-state index in [2.05, 4.69) is 27.8 Å². The summed E-state index contributed by atoms with van der Waals surface area (Å²) in [6.07, 6.45) is -5.24. The van der Waals surface area contributed by atoms with Crippen molar-refractivity contribution in [3.05, 3.63) is 63.1 Å². The normalized spacial score (nSPS) is 33.8. The summed E-state index contributed by atoms with van der Waals surface area (Å²) in [4.78, 5) is 52.3. The molecule has 5 rings (SSSR count). The van der Waals surface area contributed by atoms with Crippen LogP contribution in [0.4, 0.5) is 0 Å². The Morgan fingerprint density at radius 1 is 1.16 bits per heavy atom. The first-order valence-electron chi connectivity index (χ1n) is 13.7. The zero-order valence-electron chi connectivity index (χ0n) is 23.6. The average molecular weight is 662 g/mol. The zero-order valence-corrected chi connectivity index (χ0v) is 25.2. The van der Waals surface area contributed by atoms with Crippen LogP contribution in [-0.2, 0) is 19.1 Å². The molecule has 0 radical (unpaired) electrons. The van der Waals surface area contributed by atoms with Crippen LogP contribution < -0.4 is 10.1 Å². The van der Waals surface area contributed by atoms with Crippen LogP contribution in [0.3, 0.4) is 0 Å². The van der Waals surface area contributed by atoms with Gasteiger partial charge in [0.15, 0.2) is 23.6 Å². The van der Waals surface area contributed by atoms with E-state index in [1.807, 2.05) is 0 Å². The predicted molar refractivity (Wildman–Crippen MR) is 153 cm³/mol. The molecule has 0 bridgehead atoms. The number of allylic oxidation sites excluding steroid dienone is 2. The molecule has 43 heavy (non-hydrogen) atoms. The van der Waals surface area contributed by atoms with Gasteiger partial charge in [-0.1, -0.05) is 18.7 Å². The molecule has 3 aliphatic carbocycles. The minimum absolute atomic E-state index is 0.0156. The number of rotatable bonds is 6. The van der Waals surface area contributed by atoms with Crippen molar-refractivity contribution in [3.8, 4) is 5.75 Å². The number of amides is 1. The fourth-order valence-corrected chi connectivity index (χ4v) is 6.53. The molecule has 13 heteroatoms. The maximum Gasteiger partial charge on any atom is 0.258 e. The van der Waals surface area contributed by atoms with Crippen molar-refractivity contribution in [1.29, 1.82) is 0 Å². The molecule has 2 fully saturated rings. The van der Waals surface area contributed by atoms with Gasteiger partial charge in [0.1, 0.15) is 29.0 Å². The number of hydrogen-bond acceptors (Lipinski definition) is 11. The largest absolute Gasteiger partial charge is 0.511 e. The Morgan fingerprint density at radius 3 is 2.47 bits per heavy atom. The van der Waals surface area contributed by atoms with Crippen molar-refractivity contribution >= 4 is 39.2 Å². The second-order valence-electron chi connectivity index (χ2n) is 11.3. The quantitative estimate of drug-likeness (QED) is 0.281. The van der Waals surface area contributed by atoms with Gasteiger partial charge in [-0.2, -0.15) is 0 Å². The first-order chi connectivity index (χ1) is 20.2. The Kier molecular flexibility index (Phi) is 8.16. The number of ketones is 3. The Hall–Kier alpha value is -3.36. The number of fused-ring (bicyclic) bond motifs is 3. The molecule has 1 aromatic carbocycles. The highest BCUT2D eigenvalue weighted by atomic mass is 79.9. The molecule has 1 aliphatic heterocycles. The van der Waals surface area contributed by atoms with Crippen molar-refractivity contribution in [2.24, 2.45) is 11.8 Å². The number of methoxy groups -OCH3 is 1. The third-order valence-electron chi connectivity index (χ3n) is 8.71. The van der Waals surface area contributed by atoms with Crippen molar-refractivity contribution in [1.82, 2.24) is 5.32 Å². The fraction of sp³-hybridized carbons (Fsp3) is 0.467. The van der Waals surface area contributed by atoms with Gasteiger partial charge < -0.3 is 40.0 Å². The number of aliphatic hydroxyl groups is 4. The number of carbonyl (C=O) groups excluding carboxylic acids is 4. The molecule has 6 unspecified atom stereocenters. The number of carbonyl (C=O) groups is 4. The maximum absolute atomic E-state index is 13.8. The van der Waals surface area contributed by atoms with E-state index in [0.29, 0.717) is 0 Å². The van der Waals surface area contributed by atoms with Crippen molar-refractivity contribution < 1.29 is 53.8 Å². The van der Waals surface area contributed by atoms with E-state index >= 15 is 0 Å². The third kappa shape index (κ3) is 5.12. The summed E-state index contributed by atoms with van der Waals surface area (Å²) < 4.78 is 17.4. The standard InChI is InChI=1S/C30H32BrNO11/c1-11(31)29(39)32-16-8-19(42-12(2)24(16)34)43-18-10-30(40,13(3)33)9-15-21(18)28(38)23-22(26(15)36)25(35)14-6-5-7-17(41-4)20(14)27(23)37/h5-7,12,16,18-19,22-24,34,36,38,40H,1,8-10H2,2-4H3,(H,32,39)/t12?,16?,18-,19?,22?,23?,24?,30-/m0/s1. The molecular formula is C30H32BrNO11. The summed E-state index contributed by atoms with van der Waals surface area (Å²) in [5.74, 6) is -6.43. The molecule has 5 N–H and O–H groups in total. The van der Waals surface area contributed by atoms with Gasteiger partial charge in [-0.3, -0.25) is 19.2 Å². The first-order valence-corrected chi connectivity index (χ1v) is 14.5. The SMILES string of the molecule is C=C(Br)C(=O)NC1CC(O[C@H]2C[C@](O)(C(C)=O)CC3=C(O)C4C(=O)c5cccc(OC)c5C(=O)C4C(O)=C32)OC(C)C1O. The summed E-state index contributed by atoms with van der Waals surface area (Å²) >= 11 is 3.00. The lowest BCUT2D eigenvalue weighted by molar-refractivity contribution is -0.242. The molecule has 0 aromatic heterocycles. The highest BCUT2D eigenvalue weighted by Gasteiger charge is 2.56. The van der Waals surface area contributed by atoms with Crippen LogP contribution in [0.1, 0.15) is 53.8 Å². The van der Waals surface area contributed by atoms with Gasteiger partial charge in [-0.15, -0.1) is 0 Å². The number of halogens is 1. The van der Waals surface area contributed by atoms with E-state index in [4.69, 9.17) is 14.2 Å². The lowest BCUT2D eigenvalue weighted by atomic mass is 9.63. The number of Topliss-reactive ketones (excluding diaryl/α,β-unsaturated/α-hetero) is 3. The topological polar surface area (TPSA) is 189 Å². The summed E-state index contributed by atoms with van der Waals surface area (Å²) in [5.41, 5.74) is -2.18. The molecule has 230 valence electrons. The van der Waals surface area contributed by atoms with Crippen LogP contribution in [0.2, 0.25) is 0 Å². The molecule has 4 aliphatic rings. The van der Waals surface area contributed by atoms with E-state index in [1.54, 1.807) is 6.92 Å². The van der Waals surface area contributed by atoms with E-state index in [1.165, 1.54) is 32.2 Å². The fourth-order valence-electron chi connectivity index (χ4n) is 6.41. The highest BCUT2D eigenvalue weighted by molar-refractivity contribution is 9.12. The molecule has 1 amide bonds. The van der Waals surface area contributed by atoms with Gasteiger partial charge in [0, 0.05) is 36.0 Å². The van der Waals surface area contributed by atoms with Gasteiger partial charge in [0.25, 0.3) is 5.91 Å². The van der Waals surface area contributed by atoms with E-state index < -0.39 is 89.3 Å². The molecule has 1 saturated carbocycles. The number of benzene rings is 1. The van der Waals surface area contributed by atoms with Crippen molar-refractivity contribution in [2.45, 2.75) is 69.4 Å². The molecule has 12 nitrogen and oxygen atoms in total. The number of ether oxygens (including phenoxy) is 3. The van der Waals surface area contributed by atoms with E-state index in [9.17, 15) is 39.6 Å². The third-order valence-corrected chi connectivity index (χ3v) is 9.07. The Labute approximate surface area is 255 Å². The predicted octanol–water partition coefficient (Wildman–Crippen LogP) is 2.33. The Balaban J connectivity index is 1.57. The monoisotopic (exact) mass is 661 g/mol. The summed E-state index contributed by atoms with van der Waals surface area (Å²) in [7, 11) is 1.34. The van der Waals surface area contributed by atoms with Crippen LogP contribution in [0.15, 0.2) is 51.9 Å². The second-order valence-corrected chi connectivity index (χ2v) is 12.3. The number of nitrogens with one attached hydrogen (secondary N) is 1. The van der Waals surface area contributed by atoms with Crippen molar-refractivity contribution in [3.63, 3.8) is 0 Å². The highest BCUT2D eigenvalue weighted by Crippen LogP contribution is 2.51. The average Bonchev–Trinajstić information content (AvgIpc) is 2.95. The Morgan fingerprint density at radius 2 is 1.84 bits per heavy atom. The molecule has 1 aromatic rings.